The van der Waals surface area contributed by atoms with Crippen molar-refractivity contribution in [3.63, 3.8) is 0 Å². The Kier molecular flexibility index (Phi) is 5.26. The van der Waals surface area contributed by atoms with E-state index in [2.05, 4.69) is 29.0 Å². The van der Waals surface area contributed by atoms with Crippen LogP contribution in [0, 0.1) is 5.92 Å². The normalized spacial score (nSPS) is 29.6. The van der Waals surface area contributed by atoms with Crippen LogP contribution in [0.15, 0.2) is 0 Å². The second-order valence-corrected chi connectivity index (χ2v) is 5.76. The first-order valence-electron chi connectivity index (χ1n) is 7.46. The van der Waals surface area contributed by atoms with Crippen LogP contribution in [0.5, 0.6) is 0 Å². The second kappa shape index (κ2) is 6.72. The van der Waals surface area contributed by atoms with Gasteiger partial charge in [-0.15, -0.1) is 0 Å². The molecular weight excluding hydrogens is 210 g/mol. The van der Waals surface area contributed by atoms with Gasteiger partial charge in [0.05, 0.1) is 0 Å². The van der Waals surface area contributed by atoms with Crippen LogP contribution in [0.2, 0.25) is 0 Å². The molecule has 2 saturated heterocycles. The van der Waals surface area contributed by atoms with E-state index < -0.39 is 0 Å². The molecule has 17 heavy (non-hydrogen) atoms. The Morgan fingerprint density at radius 1 is 1.18 bits per heavy atom. The minimum absolute atomic E-state index is 0.752. The monoisotopic (exact) mass is 239 g/mol. The fourth-order valence-corrected chi connectivity index (χ4v) is 3.28. The van der Waals surface area contributed by atoms with E-state index in [4.69, 9.17) is 0 Å². The molecule has 0 spiro atoms. The topological polar surface area (TPSA) is 18.5 Å². The molecule has 0 aliphatic carbocycles. The van der Waals surface area contributed by atoms with Gasteiger partial charge < -0.3 is 10.2 Å². The van der Waals surface area contributed by atoms with Gasteiger partial charge in [-0.05, 0) is 58.3 Å². The third-order valence-electron chi connectivity index (χ3n) is 4.57. The van der Waals surface area contributed by atoms with Crippen LogP contribution in [-0.4, -0.2) is 61.7 Å². The van der Waals surface area contributed by atoms with E-state index >= 15 is 0 Å². The molecule has 2 aliphatic heterocycles. The van der Waals surface area contributed by atoms with Gasteiger partial charge in [0.1, 0.15) is 0 Å². The van der Waals surface area contributed by atoms with Crippen molar-refractivity contribution in [1.82, 2.24) is 15.1 Å². The summed E-state index contributed by atoms with van der Waals surface area (Å²) in [6.45, 7) is 13.5. The summed E-state index contributed by atoms with van der Waals surface area (Å²) in [6, 6.07) is 0.752. The highest BCUT2D eigenvalue weighted by molar-refractivity contribution is 4.79. The summed E-state index contributed by atoms with van der Waals surface area (Å²) in [4.78, 5) is 5.28. The van der Waals surface area contributed by atoms with Crippen molar-refractivity contribution in [2.75, 3.05) is 45.8 Å². The molecule has 1 unspecified atom stereocenters. The summed E-state index contributed by atoms with van der Waals surface area (Å²) < 4.78 is 0. The number of rotatable bonds is 4. The summed E-state index contributed by atoms with van der Waals surface area (Å²) in [6.07, 6.45) is 4.20. The zero-order valence-electron chi connectivity index (χ0n) is 11.6. The van der Waals surface area contributed by atoms with Crippen molar-refractivity contribution >= 4 is 0 Å². The molecule has 2 heterocycles. The summed E-state index contributed by atoms with van der Waals surface area (Å²) in [5.74, 6) is 0.982. The molecule has 0 bridgehead atoms. The van der Waals surface area contributed by atoms with Crippen LogP contribution in [0.1, 0.15) is 33.1 Å². The number of piperidine rings is 1. The van der Waals surface area contributed by atoms with Crippen molar-refractivity contribution in [2.24, 2.45) is 5.92 Å². The maximum absolute atomic E-state index is 3.45. The Labute approximate surface area is 107 Å². The second-order valence-electron chi connectivity index (χ2n) is 5.76. The number of nitrogens with one attached hydrogen (secondary N) is 1. The summed E-state index contributed by atoms with van der Waals surface area (Å²) in [5, 5.41) is 3.45. The molecule has 0 saturated carbocycles. The smallest absolute Gasteiger partial charge is 0.0195 e. The Balaban J connectivity index is 1.66. The van der Waals surface area contributed by atoms with Crippen molar-refractivity contribution < 1.29 is 0 Å². The number of nitrogens with zero attached hydrogens (tertiary/aromatic N) is 2. The molecule has 0 aromatic carbocycles. The van der Waals surface area contributed by atoms with Crippen LogP contribution in [0.3, 0.4) is 0 Å². The maximum atomic E-state index is 3.45. The molecular formula is C14H29N3. The zero-order valence-corrected chi connectivity index (χ0v) is 11.6. The molecule has 1 N–H and O–H groups in total. The third-order valence-corrected chi connectivity index (χ3v) is 4.57. The van der Waals surface area contributed by atoms with E-state index in [0.29, 0.717) is 0 Å². The SMILES string of the molecule is CCN1CCN(CCC2CCNCC2)CC1C. The lowest BCUT2D eigenvalue weighted by atomic mass is 9.94. The van der Waals surface area contributed by atoms with Gasteiger partial charge >= 0.3 is 0 Å². The molecule has 3 heteroatoms. The highest BCUT2D eigenvalue weighted by Crippen LogP contribution is 2.17. The molecule has 3 nitrogen and oxygen atoms in total. The van der Waals surface area contributed by atoms with Gasteiger partial charge in [-0.3, -0.25) is 4.90 Å². The molecule has 0 amide bonds. The number of piperazine rings is 1. The van der Waals surface area contributed by atoms with Gasteiger partial charge in [0.15, 0.2) is 0 Å². The van der Waals surface area contributed by atoms with Crippen LogP contribution in [-0.2, 0) is 0 Å². The van der Waals surface area contributed by atoms with E-state index in [1.807, 2.05) is 0 Å². The molecule has 0 aromatic rings. The van der Waals surface area contributed by atoms with E-state index in [-0.39, 0.29) is 0 Å². The first kappa shape index (κ1) is 13.3. The quantitative estimate of drug-likeness (QED) is 0.800. The fraction of sp³-hybridized carbons (Fsp3) is 1.00. The molecule has 0 aromatic heterocycles. The zero-order chi connectivity index (χ0) is 12.1. The lowest BCUT2D eigenvalue weighted by molar-refractivity contribution is 0.0827. The van der Waals surface area contributed by atoms with Crippen molar-refractivity contribution in [1.29, 1.82) is 0 Å². The third kappa shape index (κ3) is 3.94. The standard InChI is InChI=1S/C14H29N3/c1-3-17-11-10-16(12-13(17)2)9-6-14-4-7-15-8-5-14/h13-15H,3-12H2,1-2H3. The van der Waals surface area contributed by atoms with Crippen molar-refractivity contribution in [2.45, 2.75) is 39.2 Å². The molecule has 2 aliphatic rings. The van der Waals surface area contributed by atoms with Gasteiger partial charge in [-0.2, -0.15) is 0 Å². The molecule has 2 fully saturated rings. The average Bonchev–Trinajstić information content (AvgIpc) is 2.38. The van der Waals surface area contributed by atoms with Crippen LogP contribution in [0.4, 0.5) is 0 Å². The minimum atomic E-state index is 0.752. The summed E-state index contributed by atoms with van der Waals surface area (Å²) >= 11 is 0. The van der Waals surface area contributed by atoms with Gasteiger partial charge in [-0.25, -0.2) is 0 Å². The van der Waals surface area contributed by atoms with Crippen molar-refractivity contribution in [3.8, 4) is 0 Å². The van der Waals surface area contributed by atoms with Gasteiger partial charge in [-0.1, -0.05) is 6.92 Å². The summed E-state index contributed by atoms with van der Waals surface area (Å²) in [7, 11) is 0. The van der Waals surface area contributed by atoms with E-state index in [1.54, 1.807) is 0 Å². The summed E-state index contributed by atoms with van der Waals surface area (Å²) in [5.41, 5.74) is 0. The number of hydrogen-bond acceptors (Lipinski definition) is 3. The van der Waals surface area contributed by atoms with E-state index in [9.17, 15) is 0 Å². The minimum Gasteiger partial charge on any atom is -0.317 e. The first-order valence-corrected chi connectivity index (χ1v) is 7.46. The largest absolute Gasteiger partial charge is 0.317 e. The number of hydrogen-bond donors (Lipinski definition) is 1. The molecule has 2 rings (SSSR count). The number of likely N-dealkylation sites (N-methyl/N-ethyl adjacent to an activating group) is 1. The first-order chi connectivity index (χ1) is 8.29. The fourth-order valence-electron chi connectivity index (χ4n) is 3.28. The Morgan fingerprint density at radius 2 is 1.94 bits per heavy atom. The van der Waals surface area contributed by atoms with Crippen LogP contribution in [0.25, 0.3) is 0 Å². The predicted molar refractivity (Wildman–Crippen MR) is 73.4 cm³/mol. The van der Waals surface area contributed by atoms with Gasteiger partial charge in [0.25, 0.3) is 0 Å². The van der Waals surface area contributed by atoms with E-state index in [0.717, 1.165) is 12.0 Å². The maximum Gasteiger partial charge on any atom is 0.0195 e. The Hall–Kier alpha value is -0.120. The molecule has 0 radical (unpaired) electrons. The Bertz CT molecular complexity index is 214. The highest BCUT2D eigenvalue weighted by Gasteiger charge is 2.23. The molecule has 100 valence electrons. The van der Waals surface area contributed by atoms with Gasteiger partial charge in [0, 0.05) is 25.7 Å². The molecule has 1 atom stereocenters. The Morgan fingerprint density at radius 3 is 2.59 bits per heavy atom. The average molecular weight is 239 g/mol. The van der Waals surface area contributed by atoms with E-state index in [1.165, 1.54) is 65.1 Å². The highest BCUT2D eigenvalue weighted by atomic mass is 15.3. The van der Waals surface area contributed by atoms with Crippen LogP contribution < -0.4 is 5.32 Å². The predicted octanol–water partition coefficient (Wildman–Crippen LogP) is 1.40. The van der Waals surface area contributed by atoms with Crippen molar-refractivity contribution in [3.05, 3.63) is 0 Å². The lowest BCUT2D eigenvalue weighted by Crippen LogP contribution is -2.51. The van der Waals surface area contributed by atoms with Crippen LogP contribution >= 0.6 is 0 Å². The van der Waals surface area contributed by atoms with Gasteiger partial charge in [0.2, 0.25) is 0 Å². The lowest BCUT2D eigenvalue weighted by Gasteiger charge is -2.40.